The van der Waals surface area contributed by atoms with Gasteiger partial charge in [-0.05, 0) is 56.7 Å². The molecule has 2 fully saturated rings. The van der Waals surface area contributed by atoms with Gasteiger partial charge in [0.25, 0.3) is 0 Å². The van der Waals surface area contributed by atoms with Gasteiger partial charge >= 0.3 is 0 Å². The third kappa shape index (κ3) is 3.46. The Labute approximate surface area is 101 Å². The normalized spacial score (nSPS) is 36.2. The maximum atomic E-state index is 3.68. The van der Waals surface area contributed by atoms with E-state index in [-0.39, 0.29) is 0 Å². The number of rotatable bonds is 2. The Morgan fingerprint density at radius 2 is 1.94 bits per heavy atom. The van der Waals surface area contributed by atoms with Gasteiger partial charge in [-0.15, -0.1) is 0 Å². The molecule has 16 heavy (non-hydrogen) atoms. The summed E-state index contributed by atoms with van der Waals surface area (Å²) in [6.45, 7) is 12.3. The maximum absolute atomic E-state index is 3.68. The lowest BCUT2D eigenvalue weighted by molar-refractivity contribution is 0.114. The van der Waals surface area contributed by atoms with E-state index in [0.29, 0.717) is 5.41 Å². The molecule has 2 atom stereocenters. The maximum Gasteiger partial charge on any atom is 0.0197 e. The average molecular weight is 224 g/mol. The summed E-state index contributed by atoms with van der Waals surface area (Å²) in [5.74, 6) is 0.924. The molecule has 0 radical (unpaired) electrons. The van der Waals surface area contributed by atoms with E-state index in [1.807, 2.05) is 0 Å². The second-order valence-electron chi connectivity index (χ2n) is 6.75. The Hall–Kier alpha value is -0.0800. The van der Waals surface area contributed by atoms with Crippen molar-refractivity contribution in [3.8, 4) is 0 Å². The molecule has 2 rings (SSSR count). The van der Waals surface area contributed by atoms with E-state index in [4.69, 9.17) is 0 Å². The second kappa shape index (κ2) is 5.05. The summed E-state index contributed by atoms with van der Waals surface area (Å²) in [5.41, 5.74) is 0.587. The Bertz CT molecular complexity index is 215. The van der Waals surface area contributed by atoms with Crippen LogP contribution in [-0.4, -0.2) is 37.1 Å². The highest BCUT2D eigenvalue weighted by Gasteiger charge is 2.27. The van der Waals surface area contributed by atoms with Crippen molar-refractivity contribution in [2.24, 2.45) is 11.3 Å². The number of hydrogen-bond donors (Lipinski definition) is 1. The number of likely N-dealkylation sites (tertiary alicyclic amines) is 1. The van der Waals surface area contributed by atoms with E-state index in [2.05, 4.69) is 31.0 Å². The van der Waals surface area contributed by atoms with E-state index in [1.54, 1.807) is 0 Å². The molecule has 2 heteroatoms. The lowest BCUT2D eigenvalue weighted by Gasteiger charge is -2.40. The molecule has 0 aliphatic carbocycles. The zero-order valence-electron chi connectivity index (χ0n) is 11.3. The van der Waals surface area contributed by atoms with Crippen LogP contribution in [0, 0.1) is 11.3 Å². The van der Waals surface area contributed by atoms with Crippen LogP contribution in [0.5, 0.6) is 0 Å². The number of piperidine rings is 2. The first kappa shape index (κ1) is 12.4. The second-order valence-corrected chi connectivity index (χ2v) is 6.75. The molecule has 2 aliphatic heterocycles. The SMILES string of the molecule is CC1CCNC(CN2CCC(C)(C)CC2)C1. The monoisotopic (exact) mass is 224 g/mol. The molecular weight excluding hydrogens is 196 g/mol. The third-order valence-corrected chi connectivity index (χ3v) is 4.45. The molecule has 0 bridgehead atoms. The van der Waals surface area contributed by atoms with Gasteiger partial charge in [0, 0.05) is 12.6 Å². The summed E-state index contributed by atoms with van der Waals surface area (Å²) in [6, 6.07) is 0.755. The van der Waals surface area contributed by atoms with Crippen LogP contribution in [0.25, 0.3) is 0 Å². The molecule has 0 aromatic carbocycles. The van der Waals surface area contributed by atoms with Gasteiger partial charge in [0.15, 0.2) is 0 Å². The van der Waals surface area contributed by atoms with Crippen LogP contribution in [-0.2, 0) is 0 Å². The first-order valence-electron chi connectivity index (χ1n) is 7.01. The Morgan fingerprint density at radius 3 is 2.56 bits per heavy atom. The first-order valence-corrected chi connectivity index (χ1v) is 7.01. The highest BCUT2D eigenvalue weighted by molar-refractivity contribution is 4.83. The summed E-state index contributed by atoms with van der Waals surface area (Å²) in [6.07, 6.45) is 5.48. The lowest BCUT2D eigenvalue weighted by atomic mass is 9.82. The molecule has 0 aromatic heterocycles. The third-order valence-electron chi connectivity index (χ3n) is 4.45. The van der Waals surface area contributed by atoms with Crippen LogP contribution in [0.3, 0.4) is 0 Å². The fourth-order valence-electron chi connectivity index (χ4n) is 3.01. The Balaban J connectivity index is 1.74. The van der Waals surface area contributed by atoms with Crippen molar-refractivity contribution < 1.29 is 0 Å². The number of nitrogens with one attached hydrogen (secondary N) is 1. The zero-order chi connectivity index (χ0) is 11.6. The summed E-state index contributed by atoms with van der Waals surface area (Å²) >= 11 is 0. The van der Waals surface area contributed by atoms with Gasteiger partial charge in [0.05, 0.1) is 0 Å². The standard InChI is InChI=1S/C14H28N2/c1-12-4-7-15-13(10-12)11-16-8-5-14(2,3)6-9-16/h12-13,15H,4-11H2,1-3H3. The van der Waals surface area contributed by atoms with Crippen molar-refractivity contribution in [2.75, 3.05) is 26.2 Å². The molecule has 0 aromatic rings. The van der Waals surface area contributed by atoms with Crippen LogP contribution in [0.15, 0.2) is 0 Å². The summed E-state index contributed by atoms with van der Waals surface area (Å²) < 4.78 is 0. The fraction of sp³-hybridized carbons (Fsp3) is 1.00. The molecule has 2 unspecified atom stereocenters. The summed E-state index contributed by atoms with van der Waals surface area (Å²) in [5, 5.41) is 3.68. The van der Waals surface area contributed by atoms with E-state index >= 15 is 0 Å². The predicted octanol–water partition coefficient (Wildman–Crippen LogP) is 2.50. The Morgan fingerprint density at radius 1 is 1.25 bits per heavy atom. The van der Waals surface area contributed by atoms with Crippen LogP contribution in [0.4, 0.5) is 0 Å². The molecule has 2 heterocycles. The van der Waals surface area contributed by atoms with Crippen LogP contribution in [0.1, 0.15) is 46.5 Å². The minimum Gasteiger partial charge on any atom is -0.313 e. The average Bonchev–Trinajstić information content (AvgIpc) is 2.21. The van der Waals surface area contributed by atoms with Crippen LogP contribution in [0.2, 0.25) is 0 Å². The molecule has 1 N–H and O–H groups in total. The molecule has 2 saturated heterocycles. The van der Waals surface area contributed by atoms with Crippen molar-refractivity contribution in [3.63, 3.8) is 0 Å². The molecule has 0 saturated carbocycles. The van der Waals surface area contributed by atoms with Gasteiger partial charge in [-0.2, -0.15) is 0 Å². The molecule has 0 amide bonds. The first-order chi connectivity index (χ1) is 7.55. The summed E-state index contributed by atoms with van der Waals surface area (Å²) in [4.78, 5) is 2.67. The highest BCUT2D eigenvalue weighted by atomic mass is 15.2. The van der Waals surface area contributed by atoms with E-state index in [0.717, 1.165) is 12.0 Å². The minimum absolute atomic E-state index is 0.587. The van der Waals surface area contributed by atoms with Gasteiger partial charge in [0.2, 0.25) is 0 Å². The molecule has 0 spiro atoms. The predicted molar refractivity (Wildman–Crippen MR) is 69.6 cm³/mol. The van der Waals surface area contributed by atoms with E-state index < -0.39 is 0 Å². The van der Waals surface area contributed by atoms with Crippen LogP contribution < -0.4 is 5.32 Å². The topological polar surface area (TPSA) is 15.3 Å². The molecular formula is C14H28N2. The van der Waals surface area contributed by atoms with Crippen molar-refractivity contribution in [1.82, 2.24) is 10.2 Å². The van der Waals surface area contributed by atoms with Crippen LogP contribution >= 0.6 is 0 Å². The fourth-order valence-corrected chi connectivity index (χ4v) is 3.01. The van der Waals surface area contributed by atoms with Gasteiger partial charge < -0.3 is 10.2 Å². The molecule has 2 nitrogen and oxygen atoms in total. The van der Waals surface area contributed by atoms with Gasteiger partial charge in [-0.3, -0.25) is 0 Å². The van der Waals surface area contributed by atoms with Crippen molar-refractivity contribution in [1.29, 1.82) is 0 Å². The lowest BCUT2D eigenvalue weighted by Crippen LogP contribution is -2.48. The Kier molecular flexibility index (Phi) is 3.91. The van der Waals surface area contributed by atoms with Gasteiger partial charge in [-0.1, -0.05) is 20.8 Å². The number of hydrogen-bond acceptors (Lipinski definition) is 2. The molecule has 94 valence electrons. The van der Waals surface area contributed by atoms with Gasteiger partial charge in [0.1, 0.15) is 0 Å². The van der Waals surface area contributed by atoms with Gasteiger partial charge in [-0.25, -0.2) is 0 Å². The summed E-state index contributed by atoms with van der Waals surface area (Å²) in [7, 11) is 0. The van der Waals surface area contributed by atoms with E-state index in [1.165, 1.54) is 51.9 Å². The zero-order valence-corrected chi connectivity index (χ0v) is 11.3. The van der Waals surface area contributed by atoms with Crippen molar-refractivity contribution >= 4 is 0 Å². The quantitative estimate of drug-likeness (QED) is 0.775. The van der Waals surface area contributed by atoms with Crippen molar-refractivity contribution in [2.45, 2.75) is 52.5 Å². The number of nitrogens with zero attached hydrogens (tertiary/aromatic N) is 1. The largest absolute Gasteiger partial charge is 0.313 e. The smallest absolute Gasteiger partial charge is 0.0197 e. The highest BCUT2D eigenvalue weighted by Crippen LogP contribution is 2.30. The minimum atomic E-state index is 0.587. The molecule has 2 aliphatic rings. The van der Waals surface area contributed by atoms with Crippen molar-refractivity contribution in [3.05, 3.63) is 0 Å². The van der Waals surface area contributed by atoms with E-state index in [9.17, 15) is 0 Å².